The van der Waals surface area contributed by atoms with E-state index in [9.17, 15) is 0 Å². The van der Waals surface area contributed by atoms with Crippen LogP contribution < -0.4 is 5.32 Å². The summed E-state index contributed by atoms with van der Waals surface area (Å²) in [5.74, 6) is 0.853. The van der Waals surface area contributed by atoms with Gasteiger partial charge in [-0.1, -0.05) is 33.6 Å². The van der Waals surface area contributed by atoms with Gasteiger partial charge in [-0.25, -0.2) is 0 Å². The fourth-order valence-electron chi connectivity index (χ4n) is 2.89. The van der Waals surface area contributed by atoms with Gasteiger partial charge in [0.1, 0.15) is 0 Å². The molecule has 1 N–H and O–H groups in total. The van der Waals surface area contributed by atoms with Gasteiger partial charge in [-0.05, 0) is 32.6 Å². The van der Waals surface area contributed by atoms with E-state index in [2.05, 4.69) is 44.8 Å². The monoisotopic (exact) mass is 240 g/mol. The second-order valence-corrected chi connectivity index (χ2v) is 6.24. The van der Waals surface area contributed by atoms with Crippen molar-refractivity contribution in [3.63, 3.8) is 0 Å². The van der Waals surface area contributed by atoms with Crippen LogP contribution in [0.2, 0.25) is 0 Å². The lowest BCUT2D eigenvalue weighted by Gasteiger charge is -2.42. The summed E-state index contributed by atoms with van der Waals surface area (Å²) in [6.07, 6.45) is 5.39. The molecule has 1 aliphatic heterocycles. The molecule has 0 saturated carbocycles. The van der Waals surface area contributed by atoms with E-state index in [-0.39, 0.29) is 0 Å². The highest BCUT2D eigenvalue weighted by molar-refractivity contribution is 4.86. The van der Waals surface area contributed by atoms with Crippen LogP contribution in [0.3, 0.4) is 0 Å². The van der Waals surface area contributed by atoms with E-state index in [1.165, 1.54) is 38.8 Å². The Morgan fingerprint density at radius 1 is 1.24 bits per heavy atom. The zero-order chi connectivity index (χ0) is 12.8. The lowest BCUT2D eigenvalue weighted by atomic mass is 9.99. The number of rotatable bonds is 6. The highest BCUT2D eigenvalue weighted by Gasteiger charge is 2.27. The fraction of sp³-hybridized carbons (Fsp3) is 1.00. The smallest absolute Gasteiger partial charge is 0.0221 e. The third-order valence-corrected chi connectivity index (χ3v) is 4.10. The van der Waals surface area contributed by atoms with Crippen LogP contribution in [0.1, 0.15) is 60.3 Å². The molecule has 0 aromatic rings. The number of nitrogens with zero attached hydrogens (tertiary/aromatic N) is 1. The normalized spacial score (nSPS) is 28.6. The Balaban J connectivity index is 2.38. The zero-order valence-corrected chi connectivity index (χ0v) is 12.5. The summed E-state index contributed by atoms with van der Waals surface area (Å²) in [7, 11) is 0. The molecule has 0 bridgehead atoms. The minimum atomic E-state index is 0.658. The summed E-state index contributed by atoms with van der Waals surface area (Å²) in [5, 5.41) is 3.60. The fourth-order valence-corrected chi connectivity index (χ4v) is 2.89. The van der Waals surface area contributed by atoms with E-state index in [1.807, 2.05) is 0 Å². The molecule has 0 radical (unpaired) electrons. The standard InChI is InChI=1S/C15H32N2/c1-6-15-10-16-13(4)11-17(15)14(5)9-7-8-12(2)3/h12-16H,6-11H2,1-5H3. The molecule has 3 unspecified atom stereocenters. The van der Waals surface area contributed by atoms with Crippen molar-refractivity contribution in [2.45, 2.75) is 78.4 Å². The van der Waals surface area contributed by atoms with Gasteiger partial charge in [0, 0.05) is 31.2 Å². The topological polar surface area (TPSA) is 15.3 Å². The van der Waals surface area contributed by atoms with Gasteiger partial charge >= 0.3 is 0 Å². The van der Waals surface area contributed by atoms with E-state index >= 15 is 0 Å². The van der Waals surface area contributed by atoms with Crippen molar-refractivity contribution in [1.82, 2.24) is 10.2 Å². The van der Waals surface area contributed by atoms with Crippen molar-refractivity contribution in [2.24, 2.45) is 5.92 Å². The van der Waals surface area contributed by atoms with Crippen LogP contribution in [-0.2, 0) is 0 Å². The Labute approximate surface area is 108 Å². The van der Waals surface area contributed by atoms with Crippen LogP contribution >= 0.6 is 0 Å². The first-order valence-electron chi connectivity index (χ1n) is 7.53. The van der Waals surface area contributed by atoms with Crippen LogP contribution in [0.25, 0.3) is 0 Å². The summed E-state index contributed by atoms with van der Waals surface area (Å²) in [6.45, 7) is 14.1. The van der Waals surface area contributed by atoms with Crippen molar-refractivity contribution in [1.29, 1.82) is 0 Å². The molecule has 0 aliphatic carbocycles. The van der Waals surface area contributed by atoms with Gasteiger partial charge in [-0.3, -0.25) is 4.90 Å². The lowest BCUT2D eigenvalue weighted by molar-refractivity contribution is 0.0846. The Bertz CT molecular complexity index is 203. The van der Waals surface area contributed by atoms with E-state index < -0.39 is 0 Å². The Hall–Kier alpha value is -0.0800. The SMILES string of the molecule is CCC1CNC(C)CN1C(C)CCCC(C)C. The van der Waals surface area contributed by atoms with Crippen molar-refractivity contribution >= 4 is 0 Å². The van der Waals surface area contributed by atoms with E-state index in [1.54, 1.807) is 0 Å². The molecule has 3 atom stereocenters. The highest BCUT2D eigenvalue weighted by Crippen LogP contribution is 2.18. The molecular formula is C15H32N2. The largest absolute Gasteiger partial charge is 0.311 e. The molecule has 17 heavy (non-hydrogen) atoms. The zero-order valence-electron chi connectivity index (χ0n) is 12.5. The van der Waals surface area contributed by atoms with Crippen molar-refractivity contribution < 1.29 is 0 Å². The summed E-state index contributed by atoms with van der Waals surface area (Å²) in [6, 6.07) is 2.16. The van der Waals surface area contributed by atoms with E-state index in [4.69, 9.17) is 0 Å². The summed E-state index contributed by atoms with van der Waals surface area (Å²) in [5.41, 5.74) is 0. The number of hydrogen-bond acceptors (Lipinski definition) is 2. The van der Waals surface area contributed by atoms with Gasteiger partial charge in [0.25, 0.3) is 0 Å². The van der Waals surface area contributed by atoms with Gasteiger partial charge in [0.2, 0.25) is 0 Å². The molecule has 0 spiro atoms. The predicted octanol–water partition coefficient (Wildman–Crippen LogP) is 3.27. The molecular weight excluding hydrogens is 208 g/mol. The average Bonchev–Trinajstić information content (AvgIpc) is 2.28. The molecule has 0 amide bonds. The lowest BCUT2D eigenvalue weighted by Crippen LogP contribution is -2.57. The Morgan fingerprint density at radius 3 is 2.53 bits per heavy atom. The molecule has 0 aromatic carbocycles. The molecule has 1 aliphatic rings. The number of hydrogen-bond donors (Lipinski definition) is 1. The van der Waals surface area contributed by atoms with Crippen LogP contribution in [0.15, 0.2) is 0 Å². The molecule has 1 fully saturated rings. The summed E-state index contributed by atoms with van der Waals surface area (Å²) < 4.78 is 0. The highest BCUT2D eigenvalue weighted by atomic mass is 15.2. The first-order chi connectivity index (χ1) is 8.04. The molecule has 2 heteroatoms. The second kappa shape index (κ2) is 7.38. The minimum Gasteiger partial charge on any atom is -0.311 e. The maximum absolute atomic E-state index is 3.60. The molecule has 1 rings (SSSR count). The van der Waals surface area contributed by atoms with Crippen molar-refractivity contribution in [2.75, 3.05) is 13.1 Å². The molecule has 1 saturated heterocycles. The molecule has 0 aromatic heterocycles. The Kier molecular flexibility index (Phi) is 6.50. The third-order valence-electron chi connectivity index (χ3n) is 4.10. The summed E-state index contributed by atoms with van der Waals surface area (Å²) in [4.78, 5) is 2.74. The van der Waals surface area contributed by atoms with Gasteiger partial charge in [0.15, 0.2) is 0 Å². The summed E-state index contributed by atoms with van der Waals surface area (Å²) >= 11 is 0. The van der Waals surface area contributed by atoms with Gasteiger partial charge in [0.05, 0.1) is 0 Å². The third kappa shape index (κ3) is 4.97. The molecule has 1 heterocycles. The quantitative estimate of drug-likeness (QED) is 0.766. The van der Waals surface area contributed by atoms with Crippen LogP contribution in [0.4, 0.5) is 0 Å². The van der Waals surface area contributed by atoms with E-state index in [0.29, 0.717) is 6.04 Å². The van der Waals surface area contributed by atoms with Gasteiger partial charge in [-0.15, -0.1) is 0 Å². The predicted molar refractivity (Wildman–Crippen MR) is 76.4 cm³/mol. The molecule has 102 valence electrons. The average molecular weight is 240 g/mol. The first-order valence-corrected chi connectivity index (χ1v) is 7.53. The Morgan fingerprint density at radius 2 is 1.94 bits per heavy atom. The van der Waals surface area contributed by atoms with Crippen LogP contribution in [0.5, 0.6) is 0 Å². The number of piperazine rings is 1. The number of nitrogens with one attached hydrogen (secondary N) is 1. The molecule has 2 nitrogen and oxygen atoms in total. The maximum atomic E-state index is 3.60. The van der Waals surface area contributed by atoms with E-state index in [0.717, 1.165) is 18.0 Å². The first kappa shape index (κ1) is 15.0. The van der Waals surface area contributed by atoms with Crippen molar-refractivity contribution in [3.8, 4) is 0 Å². The van der Waals surface area contributed by atoms with Gasteiger partial charge in [-0.2, -0.15) is 0 Å². The van der Waals surface area contributed by atoms with Crippen LogP contribution in [0, 0.1) is 5.92 Å². The van der Waals surface area contributed by atoms with Gasteiger partial charge < -0.3 is 5.32 Å². The maximum Gasteiger partial charge on any atom is 0.0221 e. The van der Waals surface area contributed by atoms with Crippen LogP contribution in [-0.4, -0.2) is 36.1 Å². The minimum absolute atomic E-state index is 0.658. The second-order valence-electron chi connectivity index (χ2n) is 6.24. The van der Waals surface area contributed by atoms with Crippen molar-refractivity contribution in [3.05, 3.63) is 0 Å².